The van der Waals surface area contributed by atoms with Crippen LogP contribution in [0.15, 0.2) is 66.7 Å². The fourth-order valence-corrected chi connectivity index (χ4v) is 6.67. The summed E-state index contributed by atoms with van der Waals surface area (Å²) in [6, 6.07) is 14.6. The maximum atomic E-state index is 14.2. The lowest BCUT2D eigenvalue weighted by molar-refractivity contribution is -0.140. The molecule has 1 saturated carbocycles. The zero-order chi connectivity index (χ0) is 32.9. The minimum atomic E-state index is -4.80. The summed E-state index contributed by atoms with van der Waals surface area (Å²) in [6.07, 6.45) is -0.515. The Morgan fingerprint density at radius 3 is 2.16 bits per heavy atom. The summed E-state index contributed by atoms with van der Waals surface area (Å²) in [7, 11) is -4.35. The average molecular weight is 705 g/mol. The number of amides is 2. The van der Waals surface area contributed by atoms with Gasteiger partial charge in [-0.3, -0.25) is 13.9 Å². The quantitative estimate of drug-likeness (QED) is 0.230. The Hall–Kier alpha value is -2.99. The minimum Gasteiger partial charge on any atom is -0.352 e. The second kappa shape index (κ2) is 14.6. The van der Waals surface area contributed by atoms with Gasteiger partial charge in [0.05, 0.1) is 32.6 Å². The molecule has 0 aliphatic heterocycles. The van der Waals surface area contributed by atoms with Crippen molar-refractivity contribution in [1.82, 2.24) is 10.2 Å². The van der Waals surface area contributed by atoms with E-state index in [2.05, 4.69) is 5.32 Å². The summed E-state index contributed by atoms with van der Waals surface area (Å²) < 4.78 is 67.2. The molecule has 0 saturated heterocycles. The van der Waals surface area contributed by atoms with Crippen LogP contribution in [0.25, 0.3) is 0 Å². The van der Waals surface area contributed by atoms with Gasteiger partial charge in [0, 0.05) is 19.0 Å². The molecular formula is C31H31Cl3F3N3O4S. The molecule has 7 nitrogen and oxygen atoms in total. The van der Waals surface area contributed by atoms with Crippen LogP contribution in [0.4, 0.5) is 18.9 Å². The van der Waals surface area contributed by atoms with E-state index in [1.807, 2.05) is 0 Å². The molecule has 0 unspecified atom stereocenters. The third-order valence-electron chi connectivity index (χ3n) is 7.53. The van der Waals surface area contributed by atoms with E-state index in [-0.39, 0.29) is 34.1 Å². The number of nitrogens with zero attached hydrogens (tertiary/aromatic N) is 2. The monoisotopic (exact) mass is 703 g/mol. The molecule has 3 aromatic rings. The first-order valence-corrected chi connectivity index (χ1v) is 17.0. The van der Waals surface area contributed by atoms with Gasteiger partial charge < -0.3 is 10.2 Å². The van der Waals surface area contributed by atoms with Crippen molar-refractivity contribution in [2.75, 3.05) is 17.1 Å². The van der Waals surface area contributed by atoms with Gasteiger partial charge in [-0.1, -0.05) is 84.0 Å². The molecule has 14 heteroatoms. The van der Waals surface area contributed by atoms with Crippen molar-refractivity contribution in [1.29, 1.82) is 0 Å². The van der Waals surface area contributed by atoms with E-state index in [0.29, 0.717) is 22.0 Å². The van der Waals surface area contributed by atoms with Gasteiger partial charge in [0.1, 0.15) is 12.6 Å². The van der Waals surface area contributed by atoms with Crippen LogP contribution in [0.2, 0.25) is 15.1 Å². The van der Waals surface area contributed by atoms with Crippen LogP contribution < -0.4 is 9.62 Å². The highest BCUT2D eigenvalue weighted by molar-refractivity contribution is 7.92. The van der Waals surface area contributed by atoms with E-state index >= 15 is 0 Å². The zero-order valence-electron chi connectivity index (χ0n) is 24.2. The number of nitrogens with one attached hydrogen (secondary N) is 1. The van der Waals surface area contributed by atoms with E-state index in [1.54, 1.807) is 36.4 Å². The molecule has 2 amide bonds. The van der Waals surface area contributed by atoms with E-state index in [4.69, 9.17) is 34.8 Å². The molecule has 4 rings (SSSR count). The first-order valence-electron chi connectivity index (χ1n) is 14.1. The van der Waals surface area contributed by atoms with Gasteiger partial charge in [-0.2, -0.15) is 13.2 Å². The summed E-state index contributed by atoms with van der Waals surface area (Å²) in [6.45, 7) is -1.11. The molecule has 45 heavy (non-hydrogen) atoms. The predicted octanol–water partition coefficient (Wildman–Crippen LogP) is 7.13. The third-order valence-corrected chi connectivity index (χ3v) is 9.72. The van der Waals surface area contributed by atoms with Crippen LogP contribution in [0.1, 0.15) is 42.4 Å². The molecule has 0 heterocycles. The molecule has 1 aliphatic rings. The molecule has 1 fully saturated rings. The van der Waals surface area contributed by atoms with Gasteiger partial charge in [0.25, 0.3) is 0 Å². The first kappa shape index (κ1) is 34.9. The van der Waals surface area contributed by atoms with Gasteiger partial charge in [-0.15, -0.1) is 0 Å². The van der Waals surface area contributed by atoms with Crippen molar-refractivity contribution in [2.24, 2.45) is 0 Å². The van der Waals surface area contributed by atoms with E-state index in [1.165, 1.54) is 17.0 Å². The normalized spacial score (nSPS) is 14.6. The number of sulfonamides is 1. The molecule has 0 radical (unpaired) electrons. The lowest BCUT2D eigenvalue weighted by atomic mass is 10.0. The summed E-state index contributed by atoms with van der Waals surface area (Å²) in [5, 5.41) is 3.19. The third kappa shape index (κ3) is 9.28. The predicted molar refractivity (Wildman–Crippen MR) is 170 cm³/mol. The fraction of sp³-hybridized carbons (Fsp3) is 0.355. The summed E-state index contributed by atoms with van der Waals surface area (Å²) >= 11 is 18.5. The molecular weight excluding hydrogens is 674 g/mol. The highest BCUT2D eigenvalue weighted by atomic mass is 35.5. The number of carbonyl (C=O) groups is 2. The summed E-state index contributed by atoms with van der Waals surface area (Å²) in [4.78, 5) is 29.3. The lowest BCUT2D eigenvalue weighted by Crippen LogP contribution is -2.54. The Labute approximate surface area is 275 Å². The fourth-order valence-electron chi connectivity index (χ4n) is 5.23. The molecule has 1 aliphatic carbocycles. The number of carbonyl (C=O) groups excluding carboxylic acids is 2. The first-order chi connectivity index (χ1) is 21.1. The Balaban J connectivity index is 1.78. The molecule has 0 aromatic heterocycles. The Morgan fingerprint density at radius 1 is 0.911 bits per heavy atom. The van der Waals surface area contributed by atoms with E-state index in [0.717, 1.165) is 43.6 Å². The van der Waals surface area contributed by atoms with Crippen molar-refractivity contribution < 1.29 is 31.2 Å². The van der Waals surface area contributed by atoms with Crippen LogP contribution in [0, 0.1) is 0 Å². The van der Waals surface area contributed by atoms with Crippen LogP contribution in [0.5, 0.6) is 0 Å². The van der Waals surface area contributed by atoms with Crippen LogP contribution in [-0.4, -0.2) is 50.0 Å². The lowest BCUT2D eigenvalue weighted by Gasteiger charge is -2.34. The van der Waals surface area contributed by atoms with Crippen LogP contribution >= 0.6 is 34.8 Å². The number of anilines is 1. The smallest absolute Gasteiger partial charge is 0.352 e. The van der Waals surface area contributed by atoms with E-state index < -0.39 is 51.9 Å². The SMILES string of the molecule is CS(=O)(=O)N(CC(=O)N(Cc1ccc(Cl)c(Cl)c1)[C@@H](Cc1ccccc1)C(=O)NC1CCCC1)c1cc(C(F)(F)F)ccc1Cl. The van der Waals surface area contributed by atoms with Crippen LogP contribution in [-0.2, 0) is 38.8 Å². The maximum Gasteiger partial charge on any atom is 0.416 e. The Bertz CT molecular complexity index is 1640. The van der Waals surface area contributed by atoms with Crippen molar-refractivity contribution in [3.63, 3.8) is 0 Å². The molecule has 1 atom stereocenters. The van der Waals surface area contributed by atoms with Crippen molar-refractivity contribution in [3.8, 4) is 0 Å². The van der Waals surface area contributed by atoms with Gasteiger partial charge in [-0.05, 0) is 54.3 Å². The number of benzene rings is 3. The zero-order valence-corrected chi connectivity index (χ0v) is 27.2. The van der Waals surface area contributed by atoms with Crippen molar-refractivity contribution in [3.05, 3.63) is 98.5 Å². The number of alkyl halides is 3. The molecule has 0 spiro atoms. The topological polar surface area (TPSA) is 86.8 Å². The highest BCUT2D eigenvalue weighted by Gasteiger charge is 2.36. The maximum absolute atomic E-state index is 14.2. The standard InChI is InChI=1S/C31H31Cl3F3N3O4S/c1-45(43,44)40(27-17-22(31(35,36)37)12-14-25(27)33)19-29(41)39(18-21-11-13-24(32)26(34)15-21)28(16-20-7-3-2-4-8-20)30(42)38-23-9-5-6-10-23/h2-4,7-8,11-15,17,23,28H,5-6,9-10,16,18-19H2,1H3,(H,38,42)/t28-/m0/s1. The largest absolute Gasteiger partial charge is 0.416 e. The van der Waals surface area contributed by atoms with Crippen molar-refractivity contribution in [2.45, 2.75) is 56.9 Å². The average Bonchev–Trinajstić information content (AvgIpc) is 3.48. The van der Waals surface area contributed by atoms with Crippen molar-refractivity contribution >= 4 is 62.3 Å². The number of rotatable bonds is 11. The second-order valence-corrected chi connectivity index (χ2v) is 14.0. The van der Waals surface area contributed by atoms with Gasteiger partial charge >= 0.3 is 6.18 Å². The van der Waals surface area contributed by atoms with Gasteiger partial charge in [0.2, 0.25) is 21.8 Å². The van der Waals surface area contributed by atoms with E-state index in [9.17, 15) is 31.2 Å². The summed E-state index contributed by atoms with van der Waals surface area (Å²) in [5.74, 6) is -1.29. The van der Waals surface area contributed by atoms with Gasteiger partial charge in [-0.25, -0.2) is 8.42 Å². The number of halogens is 6. The number of hydrogen-bond donors (Lipinski definition) is 1. The van der Waals surface area contributed by atoms with Gasteiger partial charge in [0.15, 0.2) is 0 Å². The molecule has 3 aromatic carbocycles. The summed E-state index contributed by atoms with van der Waals surface area (Å²) in [5.41, 5.74) is -0.440. The van der Waals surface area contributed by atoms with Crippen LogP contribution in [0.3, 0.4) is 0 Å². The number of hydrogen-bond acceptors (Lipinski definition) is 4. The Morgan fingerprint density at radius 2 is 1.56 bits per heavy atom. The highest BCUT2D eigenvalue weighted by Crippen LogP contribution is 2.36. The minimum absolute atomic E-state index is 0.0790. The molecule has 242 valence electrons. The molecule has 0 bridgehead atoms. The Kier molecular flexibility index (Phi) is 11.3. The second-order valence-electron chi connectivity index (χ2n) is 10.9. The molecule has 1 N–H and O–H groups in total.